The second-order valence-corrected chi connectivity index (χ2v) is 15.4. The lowest BCUT2D eigenvalue weighted by Crippen LogP contribution is -2.17. The van der Waals surface area contributed by atoms with Crippen LogP contribution in [0, 0.1) is 18.8 Å². The van der Waals surface area contributed by atoms with E-state index in [4.69, 9.17) is 19.1 Å². The Balaban J connectivity index is 1.31. The van der Waals surface area contributed by atoms with Crippen LogP contribution < -0.4 is 5.32 Å². The summed E-state index contributed by atoms with van der Waals surface area (Å²) in [6, 6.07) is 10.2. The highest BCUT2D eigenvalue weighted by Crippen LogP contribution is 2.48. The van der Waals surface area contributed by atoms with Crippen molar-refractivity contribution in [3.05, 3.63) is 71.3 Å². The van der Waals surface area contributed by atoms with E-state index in [9.17, 15) is 8.42 Å². The third-order valence-corrected chi connectivity index (χ3v) is 11.9. The number of aromatic nitrogens is 6. The molecule has 1 aliphatic carbocycles. The Kier molecular flexibility index (Phi) is 7.59. The topological polar surface area (TPSA) is 137 Å². The predicted octanol–water partition coefficient (Wildman–Crippen LogP) is 6.14. The quantitative estimate of drug-likeness (QED) is 0.208. The van der Waals surface area contributed by atoms with Gasteiger partial charge in [-0.3, -0.25) is 14.4 Å². The lowest BCUT2D eigenvalue weighted by Gasteiger charge is -2.23. The van der Waals surface area contributed by atoms with Crippen LogP contribution in [0.5, 0.6) is 0 Å². The molecule has 0 spiro atoms. The van der Waals surface area contributed by atoms with Crippen molar-refractivity contribution in [2.75, 3.05) is 24.3 Å². The van der Waals surface area contributed by atoms with E-state index >= 15 is 0 Å². The molecule has 2 aliphatic heterocycles. The lowest BCUT2D eigenvalue weighted by molar-refractivity contribution is 0.0639. The van der Waals surface area contributed by atoms with Crippen LogP contribution in [0.2, 0.25) is 0 Å². The van der Waals surface area contributed by atoms with Crippen LogP contribution in [0.4, 0.5) is 5.82 Å². The van der Waals surface area contributed by atoms with E-state index in [2.05, 4.69) is 40.4 Å². The number of pyridine rings is 3. The molecule has 1 fully saturated rings. The Hall–Kier alpha value is -4.16. The van der Waals surface area contributed by atoms with Crippen molar-refractivity contribution in [2.24, 2.45) is 11.8 Å². The molecule has 1 unspecified atom stereocenters. The molecule has 0 bridgehead atoms. The zero-order chi connectivity index (χ0) is 32.3. The van der Waals surface area contributed by atoms with E-state index in [0.29, 0.717) is 46.4 Å². The van der Waals surface area contributed by atoms with Crippen LogP contribution in [0.1, 0.15) is 80.0 Å². The number of sulfone groups is 1. The highest BCUT2D eigenvalue weighted by molar-refractivity contribution is 7.92. The molecular formula is C35H39N7O4S. The summed E-state index contributed by atoms with van der Waals surface area (Å²) in [5.74, 6) is 1.92. The minimum atomic E-state index is -3.69. The van der Waals surface area contributed by atoms with Gasteiger partial charge >= 0.3 is 0 Å². The van der Waals surface area contributed by atoms with Crippen molar-refractivity contribution in [3.63, 3.8) is 0 Å². The third kappa shape index (κ3) is 5.41. The smallest absolute Gasteiger partial charge is 0.250 e. The number of nitrogens with one attached hydrogen (secondary N) is 1. The first kappa shape index (κ1) is 30.2. The minimum Gasteiger partial charge on any atom is -0.421 e. The van der Waals surface area contributed by atoms with Gasteiger partial charge in [-0.1, -0.05) is 26.0 Å². The predicted molar refractivity (Wildman–Crippen MR) is 177 cm³/mol. The molecule has 7 heterocycles. The van der Waals surface area contributed by atoms with Crippen LogP contribution >= 0.6 is 0 Å². The Labute approximate surface area is 274 Å². The molecule has 0 amide bonds. The van der Waals surface area contributed by atoms with Gasteiger partial charge in [-0.2, -0.15) is 0 Å². The monoisotopic (exact) mass is 653 g/mol. The molecule has 0 aromatic carbocycles. The summed E-state index contributed by atoms with van der Waals surface area (Å²) in [5.41, 5.74) is 6.04. The standard InChI is InChI=1S/C35H39N7O4S/c1-20(2)24-19-47(43,44)34-31(32(35-41-40-21(3)46-35)27(39-33(24)34)10-9-22-13-16-45-17-14-22)28-18-42-29(7-4-8-30(42)38-28)37-26-12-11-25-23(26)6-5-15-36-25/h4-8,15,18,20,22,24,26,37H,9-14,16-17,19H2,1-3H3/t24-,26?/m1/s1. The van der Waals surface area contributed by atoms with Crippen molar-refractivity contribution in [3.8, 4) is 22.7 Å². The summed E-state index contributed by atoms with van der Waals surface area (Å²) in [7, 11) is -3.69. The highest BCUT2D eigenvalue weighted by atomic mass is 32.2. The first-order valence-electron chi connectivity index (χ1n) is 16.6. The molecule has 11 nitrogen and oxygen atoms in total. The lowest BCUT2D eigenvalue weighted by atomic mass is 9.89. The molecule has 1 saturated heterocycles. The van der Waals surface area contributed by atoms with E-state index < -0.39 is 9.84 Å². The number of aryl methyl sites for hydroxylation is 3. The number of fused-ring (bicyclic) bond motifs is 3. The Morgan fingerprint density at radius 2 is 1.89 bits per heavy atom. The van der Waals surface area contributed by atoms with Gasteiger partial charge in [-0.25, -0.2) is 13.4 Å². The fourth-order valence-corrected chi connectivity index (χ4v) is 9.75. The minimum absolute atomic E-state index is 0.0149. The van der Waals surface area contributed by atoms with Gasteiger partial charge in [0.15, 0.2) is 9.84 Å². The number of ether oxygens (including phenoxy) is 1. The van der Waals surface area contributed by atoms with Gasteiger partial charge in [-0.15, -0.1) is 10.2 Å². The van der Waals surface area contributed by atoms with Gasteiger partial charge in [0.25, 0.3) is 0 Å². The molecule has 3 aliphatic rings. The van der Waals surface area contributed by atoms with Crippen molar-refractivity contribution in [2.45, 2.75) is 76.2 Å². The van der Waals surface area contributed by atoms with Crippen LogP contribution in [0.3, 0.4) is 0 Å². The Morgan fingerprint density at radius 1 is 1.04 bits per heavy atom. The van der Waals surface area contributed by atoms with Gasteiger partial charge in [-0.05, 0) is 74.1 Å². The number of nitrogens with zero attached hydrogens (tertiary/aromatic N) is 6. The van der Waals surface area contributed by atoms with Crippen molar-refractivity contribution in [1.82, 2.24) is 29.5 Å². The summed E-state index contributed by atoms with van der Waals surface area (Å²) >= 11 is 0. The molecule has 5 aromatic rings. The maximum Gasteiger partial charge on any atom is 0.250 e. The molecule has 8 rings (SSSR count). The van der Waals surface area contributed by atoms with E-state index in [1.165, 1.54) is 5.56 Å². The first-order valence-corrected chi connectivity index (χ1v) is 18.3. The number of hydrogen-bond acceptors (Lipinski definition) is 10. The SMILES string of the molecule is Cc1nnc(-c2c(CCC3CCOCC3)nc3c(c2-c2cn4c(NC5CCc6ncccc65)cccc4n2)S(=O)(=O)C[C@@H]3C(C)C)o1. The third-order valence-electron chi connectivity index (χ3n) is 10.0. The summed E-state index contributed by atoms with van der Waals surface area (Å²) < 4.78 is 41.9. The summed E-state index contributed by atoms with van der Waals surface area (Å²) in [6.45, 7) is 7.39. The van der Waals surface area contributed by atoms with E-state index in [0.717, 1.165) is 62.5 Å². The fourth-order valence-electron chi connectivity index (χ4n) is 7.53. The maximum atomic E-state index is 14.1. The molecule has 0 saturated carbocycles. The fraction of sp³-hybridized carbons (Fsp3) is 0.457. The van der Waals surface area contributed by atoms with Gasteiger partial charge in [0.1, 0.15) is 11.5 Å². The number of anilines is 1. The molecule has 47 heavy (non-hydrogen) atoms. The molecule has 2 atom stereocenters. The molecule has 244 valence electrons. The van der Waals surface area contributed by atoms with Crippen molar-refractivity contribution in [1.29, 1.82) is 0 Å². The largest absolute Gasteiger partial charge is 0.421 e. The zero-order valence-electron chi connectivity index (χ0n) is 26.9. The first-order chi connectivity index (χ1) is 22.8. The molecular weight excluding hydrogens is 614 g/mol. The van der Waals surface area contributed by atoms with Gasteiger partial charge in [0.05, 0.1) is 39.3 Å². The van der Waals surface area contributed by atoms with Gasteiger partial charge in [0.2, 0.25) is 11.8 Å². The van der Waals surface area contributed by atoms with Crippen LogP contribution in [0.25, 0.3) is 28.4 Å². The van der Waals surface area contributed by atoms with E-state index in [1.54, 1.807) is 6.92 Å². The average molecular weight is 654 g/mol. The number of imidazole rings is 1. The average Bonchev–Trinajstić information content (AvgIpc) is 3.85. The van der Waals surface area contributed by atoms with Crippen LogP contribution in [0.15, 0.2) is 52.0 Å². The normalized spacial score (nSPS) is 20.6. The summed E-state index contributed by atoms with van der Waals surface area (Å²) in [4.78, 5) is 15.1. The van der Waals surface area contributed by atoms with Crippen molar-refractivity contribution >= 4 is 21.3 Å². The van der Waals surface area contributed by atoms with Gasteiger partial charge in [0, 0.05) is 49.7 Å². The highest BCUT2D eigenvalue weighted by Gasteiger charge is 2.43. The zero-order valence-corrected chi connectivity index (χ0v) is 27.8. The molecule has 5 aromatic heterocycles. The molecule has 0 radical (unpaired) electrons. The molecule has 12 heteroatoms. The molecule has 1 N–H and O–H groups in total. The van der Waals surface area contributed by atoms with Crippen LogP contribution in [-0.2, 0) is 27.4 Å². The van der Waals surface area contributed by atoms with Crippen LogP contribution in [-0.4, -0.2) is 56.9 Å². The summed E-state index contributed by atoms with van der Waals surface area (Å²) in [5, 5.41) is 12.3. The number of hydrogen-bond donors (Lipinski definition) is 1. The van der Waals surface area contributed by atoms with Crippen molar-refractivity contribution < 1.29 is 17.6 Å². The van der Waals surface area contributed by atoms with Gasteiger partial charge < -0.3 is 14.5 Å². The Morgan fingerprint density at radius 3 is 2.68 bits per heavy atom. The second-order valence-electron chi connectivity index (χ2n) is 13.4. The number of rotatable bonds is 8. The maximum absolute atomic E-state index is 14.1. The van der Waals surface area contributed by atoms with E-state index in [1.807, 2.05) is 41.1 Å². The Bertz CT molecular complexity index is 2080. The summed E-state index contributed by atoms with van der Waals surface area (Å²) in [6.07, 6.45) is 9.19. The van der Waals surface area contributed by atoms with E-state index in [-0.39, 0.29) is 34.4 Å². The second kappa shape index (κ2) is 11.8.